The number of aromatic nitrogens is 3. The molecule has 11 heteroatoms. The van der Waals surface area contributed by atoms with Crippen LogP contribution in [0.5, 0.6) is 0 Å². The second-order valence-electron chi connectivity index (χ2n) is 13.3. The highest BCUT2D eigenvalue weighted by Gasteiger charge is 2.42. The molecule has 244 valence electrons. The quantitative estimate of drug-likeness (QED) is 0.332. The molecule has 0 saturated carbocycles. The average Bonchev–Trinajstić information content (AvgIpc) is 3.01. The van der Waals surface area contributed by atoms with E-state index in [0.29, 0.717) is 73.6 Å². The Bertz CT molecular complexity index is 1690. The van der Waals surface area contributed by atoms with Crippen LogP contribution >= 0.6 is 0 Å². The standard InChI is InChI=1S/C34H45F2N5O3S/c1-23-26-9-8-10-28(21-26)34(35,36)27-11-17-40(18-12-27)15-6-4-3-5-7-16-41-32-30(31(37-23)38-24(2)39-32)22-29(33(41)42)25-13-19-45(43,44)20-14-25/h8-10,21-23,25,27H,3-7,11-20H2,1-2H3,(H,37,38,39)/t23-/m1/s1. The molecule has 3 aromatic rings. The number of alkyl halides is 2. The van der Waals surface area contributed by atoms with Crippen molar-refractivity contribution >= 4 is 26.7 Å². The Morgan fingerprint density at radius 1 is 0.911 bits per heavy atom. The van der Waals surface area contributed by atoms with Gasteiger partial charge in [-0.3, -0.25) is 9.36 Å². The normalized spacial score (nSPS) is 26.3. The van der Waals surface area contributed by atoms with Gasteiger partial charge in [-0.05, 0) is 95.6 Å². The Hall–Kier alpha value is -2.92. The fraction of sp³-hybridized carbons (Fsp3) is 0.618. The minimum Gasteiger partial charge on any atom is -0.363 e. The molecule has 2 fully saturated rings. The maximum absolute atomic E-state index is 15.9. The molecule has 0 spiro atoms. The zero-order valence-corrected chi connectivity index (χ0v) is 27.2. The first-order valence-electron chi connectivity index (χ1n) is 16.6. The van der Waals surface area contributed by atoms with Crippen molar-refractivity contribution in [1.82, 2.24) is 19.4 Å². The maximum Gasteiger partial charge on any atom is 0.276 e. The summed E-state index contributed by atoms with van der Waals surface area (Å²) in [6.45, 7) is 6.57. The predicted molar refractivity (Wildman–Crippen MR) is 174 cm³/mol. The summed E-state index contributed by atoms with van der Waals surface area (Å²) in [4.78, 5) is 25.8. The van der Waals surface area contributed by atoms with Gasteiger partial charge in [0.2, 0.25) is 0 Å². The highest BCUT2D eigenvalue weighted by molar-refractivity contribution is 7.91. The number of fused-ring (bicyclic) bond motifs is 9. The van der Waals surface area contributed by atoms with E-state index in [1.165, 1.54) is 6.07 Å². The maximum atomic E-state index is 15.9. The molecule has 0 radical (unpaired) electrons. The summed E-state index contributed by atoms with van der Waals surface area (Å²) in [6.07, 6.45) is 6.72. The molecule has 0 aliphatic carbocycles. The van der Waals surface area contributed by atoms with Crippen molar-refractivity contribution in [2.75, 3.05) is 36.5 Å². The molecule has 1 aromatic carbocycles. The third-order valence-electron chi connectivity index (χ3n) is 10.2. The van der Waals surface area contributed by atoms with Crippen molar-refractivity contribution in [1.29, 1.82) is 0 Å². The van der Waals surface area contributed by atoms with Crippen LogP contribution in [-0.2, 0) is 22.3 Å². The highest BCUT2D eigenvalue weighted by Crippen LogP contribution is 2.42. The zero-order chi connectivity index (χ0) is 31.8. The first kappa shape index (κ1) is 32.0. The number of piperidine rings is 1. The van der Waals surface area contributed by atoms with E-state index in [1.807, 2.05) is 19.1 Å². The lowest BCUT2D eigenvalue weighted by atomic mass is 9.85. The van der Waals surface area contributed by atoms with Crippen molar-refractivity contribution in [3.05, 3.63) is 63.2 Å². The van der Waals surface area contributed by atoms with E-state index in [9.17, 15) is 13.2 Å². The number of sulfone groups is 1. The van der Waals surface area contributed by atoms with Gasteiger partial charge in [0.15, 0.2) is 0 Å². The first-order valence-corrected chi connectivity index (χ1v) is 18.4. The molecule has 45 heavy (non-hydrogen) atoms. The van der Waals surface area contributed by atoms with E-state index in [-0.39, 0.29) is 34.6 Å². The van der Waals surface area contributed by atoms with Crippen molar-refractivity contribution in [3.8, 4) is 0 Å². The minimum absolute atomic E-state index is 0.0464. The van der Waals surface area contributed by atoms with Gasteiger partial charge in [0.1, 0.15) is 27.1 Å². The van der Waals surface area contributed by atoms with Crippen molar-refractivity contribution in [2.24, 2.45) is 5.92 Å². The van der Waals surface area contributed by atoms with Crippen molar-refractivity contribution < 1.29 is 17.2 Å². The molecule has 6 heterocycles. The van der Waals surface area contributed by atoms with Crippen LogP contribution in [0.3, 0.4) is 0 Å². The second-order valence-corrected chi connectivity index (χ2v) is 15.6. The third kappa shape index (κ3) is 6.94. The van der Waals surface area contributed by atoms with E-state index < -0.39 is 21.7 Å². The SMILES string of the molecule is Cc1nc2c3cc(C4CCS(=O)(=O)CC4)c(=O)n(c3n1)CCCCCCCN1CCC(CC1)C(F)(F)c1cccc(c1)[C@@H](C)N2. The van der Waals surface area contributed by atoms with Crippen LogP contribution in [-0.4, -0.2) is 59.0 Å². The van der Waals surface area contributed by atoms with Crippen LogP contribution in [0.15, 0.2) is 35.1 Å². The van der Waals surface area contributed by atoms with Crippen LogP contribution in [0.2, 0.25) is 0 Å². The summed E-state index contributed by atoms with van der Waals surface area (Å²) in [5.74, 6) is -2.58. The third-order valence-corrected chi connectivity index (χ3v) is 11.9. The van der Waals surface area contributed by atoms with Crippen LogP contribution in [0.1, 0.15) is 99.2 Å². The number of rotatable bonds is 1. The molecule has 4 aliphatic heterocycles. The summed E-state index contributed by atoms with van der Waals surface area (Å²) < 4.78 is 57.9. The fourth-order valence-corrected chi connectivity index (χ4v) is 8.87. The van der Waals surface area contributed by atoms with Gasteiger partial charge in [0, 0.05) is 29.6 Å². The molecule has 1 N–H and O–H groups in total. The summed E-state index contributed by atoms with van der Waals surface area (Å²) >= 11 is 0. The number of aryl methyl sites for hydroxylation is 2. The molecule has 1 atom stereocenters. The van der Waals surface area contributed by atoms with Gasteiger partial charge in [-0.2, -0.15) is 0 Å². The second kappa shape index (κ2) is 13.1. The number of nitrogens with one attached hydrogen (secondary N) is 1. The molecular formula is C34H45F2N5O3S. The van der Waals surface area contributed by atoms with Gasteiger partial charge >= 0.3 is 0 Å². The molecular weight excluding hydrogens is 596 g/mol. The Morgan fingerprint density at radius 3 is 2.33 bits per heavy atom. The van der Waals surface area contributed by atoms with Crippen LogP contribution < -0.4 is 10.9 Å². The number of benzene rings is 1. The van der Waals surface area contributed by atoms with E-state index in [1.54, 1.807) is 23.6 Å². The minimum atomic E-state index is -3.09. The molecule has 4 aliphatic rings. The lowest BCUT2D eigenvalue weighted by Gasteiger charge is -2.36. The van der Waals surface area contributed by atoms with E-state index in [4.69, 9.17) is 9.97 Å². The number of hydrogen-bond donors (Lipinski definition) is 1. The van der Waals surface area contributed by atoms with Crippen LogP contribution in [0.4, 0.5) is 14.6 Å². The Kier molecular flexibility index (Phi) is 9.30. The van der Waals surface area contributed by atoms with Crippen LogP contribution in [0, 0.1) is 12.8 Å². The molecule has 2 saturated heterocycles. The highest BCUT2D eigenvalue weighted by atomic mass is 32.2. The van der Waals surface area contributed by atoms with Gasteiger partial charge in [0.05, 0.1) is 16.9 Å². The number of pyridine rings is 1. The van der Waals surface area contributed by atoms with Gasteiger partial charge in [-0.25, -0.2) is 27.2 Å². The smallest absolute Gasteiger partial charge is 0.276 e. The largest absolute Gasteiger partial charge is 0.363 e. The number of halogens is 2. The predicted octanol–water partition coefficient (Wildman–Crippen LogP) is 6.33. The number of hydrogen-bond acceptors (Lipinski definition) is 7. The van der Waals surface area contributed by atoms with E-state index in [2.05, 4.69) is 10.2 Å². The van der Waals surface area contributed by atoms with Crippen LogP contribution in [0.25, 0.3) is 11.0 Å². The molecule has 0 amide bonds. The molecule has 8 nitrogen and oxygen atoms in total. The number of anilines is 1. The summed E-state index contributed by atoms with van der Waals surface area (Å²) in [7, 11) is -3.09. The van der Waals surface area contributed by atoms with Gasteiger partial charge < -0.3 is 10.2 Å². The Balaban J connectivity index is 1.41. The Labute approximate surface area is 264 Å². The van der Waals surface area contributed by atoms with E-state index >= 15 is 8.78 Å². The zero-order valence-electron chi connectivity index (χ0n) is 26.4. The van der Waals surface area contributed by atoms with Crippen molar-refractivity contribution in [2.45, 2.75) is 96.1 Å². The lowest BCUT2D eigenvalue weighted by molar-refractivity contribution is -0.0855. The molecule has 8 bridgehead atoms. The average molecular weight is 642 g/mol. The topological polar surface area (TPSA) is 97.2 Å². The summed E-state index contributed by atoms with van der Waals surface area (Å²) in [5.41, 5.74) is 1.81. The van der Waals surface area contributed by atoms with Gasteiger partial charge in [-0.1, -0.05) is 37.5 Å². The monoisotopic (exact) mass is 641 g/mol. The fourth-order valence-electron chi connectivity index (χ4n) is 7.38. The van der Waals surface area contributed by atoms with Crippen molar-refractivity contribution in [3.63, 3.8) is 0 Å². The first-order chi connectivity index (χ1) is 21.5. The van der Waals surface area contributed by atoms with Gasteiger partial charge in [-0.15, -0.1) is 0 Å². The summed E-state index contributed by atoms with van der Waals surface area (Å²) in [5, 5.41) is 4.16. The molecule has 2 aromatic heterocycles. The molecule has 7 rings (SSSR count). The molecule has 0 unspecified atom stereocenters. The van der Waals surface area contributed by atoms with E-state index in [0.717, 1.165) is 44.2 Å². The number of nitrogens with zero attached hydrogens (tertiary/aromatic N) is 4. The van der Waals surface area contributed by atoms with Gasteiger partial charge in [0.25, 0.3) is 11.5 Å². The lowest BCUT2D eigenvalue weighted by Crippen LogP contribution is -2.40. The Morgan fingerprint density at radius 2 is 1.60 bits per heavy atom. The summed E-state index contributed by atoms with van der Waals surface area (Å²) in [6, 6.07) is 8.21.